The SMILES string of the molecule is CCCCC(N)C(=O)NC(CCCC)C(=O)OC. The van der Waals surface area contributed by atoms with Gasteiger partial charge < -0.3 is 15.8 Å². The van der Waals surface area contributed by atoms with Gasteiger partial charge in [0.15, 0.2) is 0 Å². The molecule has 0 heterocycles. The van der Waals surface area contributed by atoms with E-state index in [9.17, 15) is 9.59 Å². The summed E-state index contributed by atoms with van der Waals surface area (Å²) in [5.41, 5.74) is 5.76. The Balaban J connectivity index is 4.28. The molecular weight excluding hydrogens is 232 g/mol. The lowest BCUT2D eigenvalue weighted by molar-refractivity contribution is -0.145. The van der Waals surface area contributed by atoms with E-state index in [2.05, 4.69) is 10.1 Å². The molecule has 0 rings (SSSR count). The Morgan fingerprint density at radius 3 is 2.22 bits per heavy atom. The van der Waals surface area contributed by atoms with Crippen molar-refractivity contribution in [2.45, 2.75) is 64.5 Å². The van der Waals surface area contributed by atoms with Crippen LogP contribution in [0.4, 0.5) is 0 Å². The van der Waals surface area contributed by atoms with E-state index in [4.69, 9.17) is 5.73 Å². The molecule has 0 fully saturated rings. The largest absolute Gasteiger partial charge is 0.467 e. The van der Waals surface area contributed by atoms with Crippen molar-refractivity contribution >= 4 is 11.9 Å². The summed E-state index contributed by atoms with van der Waals surface area (Å²) in [6.07, 6.45) is 4.97. The second-order valence-electron chi connectivity index (χ2n) is 4.48. The van der Waals surface area contributed by atoms with Crippen LogP contribution in [0.5, 0.6) is 0 Å². The number of ether oxygens (including phenoxy) is 1. The zero-order valence-electron chi connectivity index (χ0n) is 11.7. The third-order valence-corrected chi connectivity index (χ3v) is 2.85. The number of carbonyl (C=O) groups excluding carboxylic acids is 2. The van der Waals surface area contributed by atoms with Crippen LogP contribution in [0, 0.1) is 0 Å². The van der Waals surface area contributed by atoms with E-state index in [0.717, 1.165) is 25.7 Å². The molecule has 0 aliphatic carbocycles. The molecule has 2 atom stereocenters. The van der Waals surface area contributed by atoms with Gasteiger partial charge in [0.25, 0.3) is 0 Å². The van der Waals surface area contributed by atoms with E-state index in [1.54, 1.807) is 0 Å². The van der Waals surface area contributed by atoms with Gasteiger partial charge in [-0.05, 0) is 12.8 Å². The molecule has 2 unspecified atom stereocenters. The van der Waals surface area contributed by atoms with Gasteiger partial charge in [0, 0.05) is 0 Å². The first-order valence-corrected chi connectivity index (χ1v) is 6.70. The van der Waals surface area contributed by atoms with Gasteiger partial charge in [-0.15, -0.1) is 0 Å². The lowest BCUT2D eigenvalue weighted by atomic mass is 10.1. The second-order valence-corrected chi connectivity index (χ2v) is 4.48. The lowest BCUT2D eigenvalue weighted by Crippen LogP contribution is -2.48. The Labute approximate surface area is 109 Å². The standard InChI is InChI=1S/C13H26N2O3/c1-4-6-8-10(14)12(16)15-11(9-7-5-2)13(17)18-3/h10-11H,4-9,14H2,1-3H3,(H,15,16). The Morgan fingerprint density at radius 1 is 1.17 bits per heavy atom. The van der Waals surface area contributed by atoms with Gasteiger partial charge in [-0.3, -0.25) is 4.79 Å². The van der Waals surface area contributed by atoms with Crippen molar-refractivity contribution in [2.75, 3.05) is 7.11 Å². The summed E-state index contributed by atoms with van der Waals surface area (Å²) < 4.78 is 4.68. The van der Waals surface area contributed by atoms with E-state index in [1.807, 2.05) is 13.8 Å². The number of carbonyl (C=O) groups is 2. The van der Waals surface area contributed by atoms with Crippen LogP contribution in [0.2, 0.25) is 0 Å². The topological polar surface area (TPSA) is 81.4 Å². The van der Waals surface area contributed by atoms with Crippen LogP contribution in [0.3, 0.4) is 0 Å². The highest BCUT2D eigenvalue weighted by molar-refractivity contribution is 5.87. The highest BCUT2D eigenvalue weighted by Gasteiger charge is 2.23. The first-order valence-electron chi connectivity index (χ1n) is 6.70. The van der Waals surface area contributed by atoms with Crippen molar-refractivity contribution in [3.05, 3.63) is 0 Å². The molecule has 0 aliphatic rings. The number of hydrogen-bond donors (Lipinski definition) is 2. The van der Waals surface area contributed by atoms with Gasteiger partial charge >= 0.3 is 5.97 Å². The third-order valence-electron chi connectivity index (χ3n) is 2.85. The van der Waals surface area contributed by atoms with Gasteiger partial charge in [-0.2, -0.15) is 0 Å². The quantitative estimate of drug-likeness (QED) is 0.612. The highest BCUT2D eigenvalue weighted by Crippen LogP contribution is 2.04. The predicted octanol–water partition coefficient (Wildman–Crippen LogP) is 1.35. The van der Waals surface area contributed by atoms with Crippen molar-refractivity contribution in [2.24, 2.45) is 5.73 Å². The summed E-state index contributed by atoms with van der Waals surface area (Å²) in [6.45, 7) is 4.08. The number of esters is 1. The molecule has 5 heteroatoms. The first-order chi connectivity index (χ1) is 8.56. The molecular formula is C13H26N2O3. The van der Waals surface area contributed by atoms with Crippen LogP contribution in [-0.4, -0.2) is 31.1 Å². The number of amides is 1. The number of nitrogens with two attached hydrogens (primary N) is 1. The monoisotopic (exact) mass is 258 g/mol. The minimum Gasteiger partial charge on any atom is -0.467 e. The Hall–Kier alpha value is -1.10. The van der Waals surface area contributed by atoms with Gasteiger partial charge in [-0.25, -0.2) is 4.79 Å². The van der Waals surface area contributed by atoms with Crippen LogP contribution in [0.1, 0.15) is 52.4 Å². The minimum absolute atomic E-state index is 0.269. The Kier molecular flexibility index (Phi) is 9.28. The maximum absolute atomic E-state index is 11.8. The zero-order chi connectivity index (χ0) is 14.0. The number of hydrogen-bond acceptors (Lipinski definition) is 4. The first kappa shape index (κ1) is 16.9. The highest BCUT2D eigenvalue weighted by atomic mass is 16.5. The van der Waals surface area contributed by atoms with Crippen LogP contribution in [0.25, 0.3) is 0 Å². The smallest absolute Gasteiger partial charge is 0.328 e. The Morgan fingerprint density at radius 2 is 1.72 bits per heavy atom. The van der Waals surface area contributed by atoms with E-state index >= 15 is 0 Å². The number of rotatable bonds is 9. The van der Waals surface area contributed by atoms with Crippen molar-refractivity contribution in [3.63, 3.8) is 0 Å². The molecule has 18 heavy (non-hydrogen) atoms. The summed E-state index contributed by atoms with van der Waals surface area (Å²) in [5, 5.41) is 2.67. The third kappa shape index (κ3) is 6.59. The van der Waals surface area contributed by atoms with Gasteiger partial charge in [-0.1, -0.05) is 39.5 Å². The predicted molar refractivity (Wildman–Crippen MR) is 71.0 cm³/mol. The Bertz CT molecular complexity index is 257. The average Bonchev–Trinajstić information content (AvgIpc) is 2.39. The molecule has 0 saturated carbocycles. The van der Waals surface area contributed by atoms with E-state index in [0.29, 0.717) is 12.8 Å². The van der Waals surface area contributed by atoms with Crippen LogP contribution in [-0.2, 0) is 14.3 Å². The number of nitrogens with one attached hydrogen (secondary N) is 1. The maximum atomic E-state index is 11.8. The van der Waals surface area contributed by atoms with E-state index < -0.39 is 18.1 Å². The van der Waals surface area contributed by atoms with Crippen molar-refractivity contribution in [1.82, 2.24) is 5.32 Å². The van der Waals surface area contributed by atoms with Gasteiger partial charge in [0.05, 0.1) is 13.2 Å². The summed E-state index contributed by atoms with van der Waals surface area (Å²) in [4.78, 5) is 23.3. The molecule has 1 amide bonds. The van der Waals surface area contributed by atoms with Crippen LogP contribution >= 0.6 is 0 Å². The van der Waals surface area contributed by atoms with Gasteiger partial charge in [0.1, 0.15) is 6.04 Å². The molecule has 0 aromatic heterocycles. The van der Waals surface area contributed by atoms with E-state index in [-0.39, 0.29) is 5.91 Å². The zero-order valence-corrected chi connectivity index (χ0v) is 11.7. The fourth-order valence-corrected chi connectivity index (χ4v) is 1.63. The molecule has 0 aromatic rings. The van der Waals surface area contributed by atoms with Crippen LogP contribution in [0.15, 0.2) is 0 Å². The fraction of sp³-hybridized carbons (Fsp3) is 0.846. The van der Waals surface area contributed by atoms with Gasteiger partial charge in [0.2, 0.25) is 5.91 Å². The maximum Gasteiger partial charge on any atom is 0.328 e. The van der Waals surface area contributed by atoms with Crippen molar-refractivity contribution in [3.8, 4) is 0 Å². The summed E-state index contributed by atoms with van der Waals surface area (Å²) in [6, 6.07) is -1.12. The van der Waals surface area contributed by atoms with Crippen LogP contribution < -0.4 is 11.1 Å². The second kappa shape index (κ2) is 9.88. The summed E-state index contributed by atoms with van der Waals surface area (Å²) in [5.74, 6) is -0.672. The lowest BCUT2D eigenvalue weighted by Gasteiger charge is -2.18. The molecule has 0 saturated heterocycles. The summed E-state index contributed by atoms with van der Waals surface area (Å²) in [7, 11) is 1.32. The molecule has 0 spiro atoms. The average molecular weight is 258 g/mol. The van der Waals surface area contributed by atoms with Crippen molar-refractivity contribution < 1.29 is 14.3 Å². The number of methoxy groups -OCH3 is 1. The van der Waals surface area contributed by atoms with Crippen molar-refractivity contribution in [1.29, 1.82) is 0 Å². The molecule has 0 radical (unpaired) electrons. The molecule has 0 aromatic carbocycles. The molecule has 0 aliphatic heterocycles. The van der Waals surface area contributed by atoms with E-state index in [1.165, 1.54) is 7.11 Å². The fourth-order valence-electron chi connectivity index (χ4n) is 1.63. The minimum atomic E-state index is -0.574. The molecule has 5 nitrogen and oxygen atoms in total. The molecule has 0 bridgehead atoms. The molecule has 106 valence electrons. The normalized spacial score (nSPS) is 13.8. The number of unbranched alkanes of at least 4 members (excludes halogenated alkanes) is 2. The molecule has 3 N–H and O–H groups in total. The summed E-state index contributed by atoms with van der Waals surface area (Å²) >= 11 is 0.